The number of aryl methyl sites for hydroxylation is 1. The molecule has 0 fully saturated rings. The van der Waals surface area contributed by atoms with Crippen molar-refractivity contribution >= 4 is 15.9 Å². The van der Waals surface area contributed by atoms with Gasteiger partial charge in [0.15, 0.2) is 0 Å². The molecule has 0 aliphatic carbocycles. The summed E-state index contributed by atoms with van der Waals surface area (Å²) < 4.78 is 25.7. The highest BCUT2D eigenvalue weighted by molar-refractivity contribution is 7.88. The average molecular weight is 389 g/mol. The molecule has 6 heteroatoms. The molecule has 1 amide bonds. The van der Waals surface area contributed by atoms with Gasteiger partial charge in [0, 0.05) is 32.6 Å². The number of rotatable bonds is 9. The molecule has 2 aromatic carbocycles. The lowest BCUT2D eigenvalue weighted by Gasteiger charge is -2.24. The van der Waals surface area contributed by atoms with Crippen LogP contribution in [0.2, 0.25) is 0 Å². The monoisotopic (exact) mass is 388 g/mol. The van der Waals surface area contributed by atoms with Crippen LogP contribution in [0.5, 0.6) is 0 Å². The van der Waals surface area contributed by atoms with E-state index in [-0.39, 0.29) is 25.4 Å². The highest BCUT2D eigenvalue weighted by Gasteiger charge is 2.20. The van der Waals surface area contributed by atoms with Gasteiger partial charge in [-0.2, -0.15) is 4.31 Å². The molecule has 0 saturated carbocycles. The Hall–Kier alpha value is -2.18. The summed E-state index contributed by atoms with van der Waals surface area (Å²) in [6.45, 7) is 5.50. The van der Waals surface area contributed by atoms with E-state index in [1.165, 1.54) is 10.6 Å². The molecule has 0 atom stereocenters. The van der Waals surface area contributed by atoms with Crippen LogP contribution in [-0.4, -0.2) is 42.9 Å². The van der Waals surface area contributed by atoms with Gasteiger partial charge in [0.25, 0.3) is 0 Å². The molecule has 0 saturated heterocycles. The second kappa shape index (κ2) is 9.67. The zero-order valence-electron chi connectivity index (χ0n) is 16.3. The molecule has 0 radical (unpaired) electrons. The molecule has 2 aromatic rings. The van der Waals surface area contributed by atoms with E-state index in [1.54, 1.807) is 4.90 Å². The van der Waals surface area contributed by atoms with E-state index >= 15 is 0 Å². The normalized spacial score (nSPS) is 11.6. The molecule has 0 spiro atoms. The largest absolute Gasteiger partial charge is 0.339 e. The van der Waals surface area contributed by atoms with E-state index in [0.29, 0.717) is 13.1 Å². The van der Waals surface area contributed by atoms with Crippen molar-refractivity contribution in [3.8, 4) is 0 Å². The number of amides is 1. The number of hydrogen-bond donors (Lipinski definition) is 0. The molecule has 2 rings (SSSR count). The van der Waals surface area contributed by atoms with Crippen LogP contribution in [0.15, 0.2) is 54.6 Å². The first-order valence-electron chi connectivity index (χ1n) is 9.12. The van der Waals surface area contributed by atoms with Gasteiger partial charge in [-0.15, -0.1) is 0 Å². The topological polar surface area (TPSA) is 57.7 Å². The summed E-state index contributed by atoms with van der Waals surface area (Å²) in [5.74, 6) is -0.0427. The van der Waals surface area contributed by atoms with E-state index in [4.69, 9.17) is 0 Å². The van der Waals surface area contributed by atoms with Crippen LogP contribution in [0.4, 0.5) is 0 Å². The van der Waals surface area contributed by atoms with Gasteiger partial charge in [0.1, 0.15) is 0 Å². The van der Waals surface area contributed by atoms with Gasteiger partial charge >= 0.3 is 0 Å². The highest BCUT2D eigenvalue weighted by Crippen LogP contribution is 2.12. The Morgan fingerprint density at radius 2 is 1.52 bits per heavy atom. The smallest absolute Gasteiger partial charge is 0.224 e. The summed E-state index contributed by atoms with van der Waals surface area (Å²) in [6, 6.07) is 17.6. The van der Waals surface area contributed by atoms with Gasteiger partial charge in [-0.25, -0.2) is 8.42 Å². The van der Waals surface area contributed by atoms with Gasteiger partial charge in [-0.1, -0.05) is 60.2 Å². The number of benzene rings is 2. The van der Waals surface area contributed by atoms with Crippen molar-refractivity contribution in [3.63, 3.8) is 0 Å². The van der Waals surface area contributed by atoms with E-state index in [1.807, 2.05) is 68.4 Å². The SMILES string of the molecule is CCN(Cc1ccccc1)C(=O)CCN(Cc1ccc(C)cc1)S(C)(=O)=O. The summed E-state index contributed by atoms with van der Waals surface area (Å²) in [5.41, 5.74) is 3.10. The number of sulfonamides is 1. The molecule has 0 bridgehead atoms. The Kier molecular flexibility index (Phi) is 7.56. The second-order valence-corrected chi connectivity index (χ2v) is 8.71. The third-order valence-electron chi connectivity index (χ3n) is 4.47. The van der Waals surface area contributed by atoms with Gasteiger partial charge < -0.3 is 4.90 Å². The van der Waals surface area contributed by atoms with Crippen molar-refractivity contribution in [3.05, 3.63) is 71.3 Å². The number of carbonyl (C=O) groups is 1. The van der Waals surface area contributed by atoms with Gasteiger partial charge in [-0.05, 0) is 25.0 Å². The summed E-state index contributed by atoms with van der Waals surface area (Å²) in [4.78, 5) is 14.4. The van der Waals surface area contributed by atoms with Crippen molar-refractivity contribution in [2.45, 2.75) is 33.4 Å². The minimum Gasteiger partial charge on any atom is -0.339 e. The standard InChI is InChI=1S/C21H28N2O3S/c1-4-22(16-19-8-6-5-7-9-19)21(24)14-15-23(27(3,25)26)17-20-12-10-18(2)11-13-20/h5-13H,4,14-17H2,1-3H3. The zero-order chi connectivity index (χ0) is 19.9. The fourth-order valence-electron chi connectivity index (χ4n) is 2.82. The zero-order valence-corrected chi connectivity index (χ0v) is 17.1. The summed E-state index contributed by atoms with van der Waals surface area (Å²) in [7, 11) is -3.40. The third-order valence-corrected chi connectivity index (χ3v) is 5.72. The number of carbonyl (C=O) groups excluding carboxylic acids is 1. The molecule has 0 N–H and O–H groups in total. The minimum absolute atomic E-state index is 0.0427. The first-order chi connectivity index (χ1) is 12.8. The third kappa shape index (κ3) is 6.81. The van der Waals surface area contributed by atoms with Crippen molar-refractivity contribution in [1.29, 1.82) is 0 Å². The first kappa shape index (κ1) is 21.1. The van der Waals surface area contributed by atoms with Crippen LogP contribution in [0, 0.1) is 6.92 Å². The Labute approximate surface area is 162 Å². The van der Waals surface area contributed by atoms with E-state index in [9.17, 15) is 13.2 Å². The fraction of sp³-hybridized carbons (Fsp3) is 0.381. The van der Waals surface area contributed by atoms with E-state index in [0.717, 1.165) is 16.7 Å². The number of hydrogen-bond acceptors (Lipinski definition) is 3. The molecule has 5 nitrogen and oxygen atoms in total. The lowest BCUT2D eigenvalue weighted by atomic mass is 10.1. The van der Waals surface area contributed by atoms with Crippen molar-refractivity contribution < 1.29 is 13.2 Å². The van der Waals surface area contributed by atoms with Gasteiger partial charge in [0.05, 0.1) is 6.26 Å². The van der Waals surface area contributed by atoms with Crippen molar-refractivity contribution in [2.75, 3.05) is 19.3 Å². The predicted octanol–water partition coefficient (Wildman–Crippen LogP) is 3.20. The molecule has 0 aromatic heterocycles. The Bertz CT molecular complexity index is 833. The minimum atomic E-state index is -3.40. The van der Waals surface area contributed by atoms with E-state index in [2.05, 4.69) is 0 Å². The molecular formula is C21H28N2O3S. The lowest BCUT2D eigenvalue weighted by molar-refractivity contribution is -0.131. The molecule has 0 heterocycles. The Morgan fingerprint density at radius 3 is 2.07 bits per heavy atom. The molecule has 0 aliphatic rings. The predicted molar refractivity (Wildman–Crippen MR) is 109 cm³/mol. The molecule has 0 aliphatic heterocycles. The maximum atomic E-state index is 12.6. The van der Waals surface area contributed by atoms with Crippen LogP contribution in [0.25, 0.3) is 0 Å². The van der Waals surface area contributed by atoms with Crippen LogP contribution in [0.1, 0.15) is 30.0 Å². The molecule has 0 unspecified atom stereocenters. The summed E-state index contributed by atoms with van der Waals surface area (Å²) in [6.07, 6.45) is 1.35. The highest BCUT2D eigenvalue weighted by atomic mass is 32.2. The maximum absolute atomic E-state index is 12.6. The quantitative estimate of drug-likeness (QED) is 0.663. The molecular weight excluding hydrogens is 360 g/mol. The second-order valence-electron chi connectivity index (χ2n) is 6.73. The Morgan fingerprint density at radius 1 is 0.926 bits per heavy atom. The summed E-state index contributed by atoms with van der Waals surface area (Å²) >= 11 is 0. The lowest BCUT2D eigenvalue weighted by Crippen LogP contribution is -2.36. The summed E-state index contributed by atoms with van der Waals surface area (Å²) in [5, 5.41) is 0. The average Bonchev–Trinajstić information content (AvgIpc) is 2.64. The van der Waals surface area contributed by atoms with Crippen molar-refractivity contribution in [2.24, 2.45) is 0 Å². The van der Waals surface area contributed by atoms with Crippen LogP contribution in [-0.2, 0) is 27.9 Å². The first-order valence-corrected chi connectivity index (χ1v) is 11.0. The maximum Gasteiger partial charge on any atom is 0.224 e. The van der Waals surface area contributed by atoms with Gasteiger partial charge in [-0.3, -0.25) is 4.79 Å². The van der Waals surface area contributed by atoms with E-state index < -0.39 is 10.0 Å². The van der Waals surface area contributed by atoms with Crippen LogP contribution in [0.3, 0.4) is 0 Å². The molecule has 27 heavy (non-hydrogen) atoms. The van der Waals surface area contributed by atoms with Crippen LogP contribution >= 0.6 is 0 Å². The Balaban J connectivity index is 2.00. The van der Waals surface area contributed by atoms with Crippen LogP contribution < -0.4 is 0 Å². The fourth-order valence-corrected chi connectivity index (χ4v) is 3.62. The molecule has 146 valence electrons. The van der Waals surface area contributed by atoms with Crippen molar-refractivity contribution in [1.82, 2.24) is 9.21 Å². The van der Waals surface area contributed by atoms with Gasteiger partial charge in [0.2, 0.25) is 15.9 Å². The number of nitrogens with zero attached hydrogens (tertiary/aromatic N) is 2.